The van der Waals surface area contributed by atoms with Crippen molar-refractivity contribution in [1.82, 2.24) is 10.2 Å². The minimum atomic E-state index is -0.0873. The number of amides is 1. The van der Waals surface area contributed by atoms with Crippen molar-refractivity contribution in [3.8, 4) is 0 Å². The number of halogens is 1. The number of carbonyl (C=O) groups is 1. The molecule has 0 fully saturated rings. The van der Waals surface area contributed by atoms with Crippen molar-refractivity contribution >= 4 is 34.0 Å². The number of aromatic nitrogens is 2. The predicted molar refractivity (Wildman–Crippen MR) is 59.2 cm³/mol. The Morgan fingerprint density at radius 3 is 3.07 bits per heavy atom. The van der Waals surface area contributed by atoms with Crippen LogP contribution in [0.15, 0.2) is 0 Å². The van der Waals surface area contributed by atoms with Gasteiger partial charge in [0.05, 0.1) is 0 Å². The largest absolute Gasteiger partial charge is 0.377 e. The number of nitrogens with zero attached hydrogens (tertiary/aromatic N) is 2. The monoisotopic (exact) mass is 249 g/mol. The minimum absolute atomic E-state index is 0.0873. The van der Waals surface area contributed by atoms with E-state index < -0.39 is 0 Å². The molecule has 0 aromatic carbocycles. The Labute approximate surface area is 96.8 Å². The van der Waals surface area contributed by atoms with E-state index in [2.05, 4.69) is 15.5 Å². The van der Waals surface area contributed by atoms with Gasteiger partial charge in [-0.05, 0) is 6.42 Å². The number of nitrogens with one attached hydrogen (secondary N) is 1. The highest BCUT2D eigenvalue weighted by Crippen LogP contribution is 2.15. The first kappa shape index (κ1) is 12.4. The van der Waals surface area contributed by atoms with Crippen molar-refractivity contribution in [2.75, 3.05) is 18.3 Å². The first-order valence-electron chi connectivity index (χ1n) is 4.43. The quantitative estimate of drug-likeness (QED) is 0.779. The third-order valence-corrected chi connectivity index (χ3v) is 2.60. The molecular weight excluding hydrogens is 238 g/mol. The van der Waals surface area contributed by atoms with Crippen LogP contribution in [-0.4, -0.2) is 29.1 Å². The van der Waals surface area contributed by atoms with Gasteiger partial charge in [0.25, 0.3) is 0 Å². The molecule has 0 atom stereocenters. The molecular formula is C8H12ClN3O2S. The second kappa shape index (κ2) is 6.71. The van der Waals surface area contributed by atoms with Crippen LogP contribution in [0.2, 0.25) is 0 Å². The van der Waals surface area contributed by atoms with E-state index in [-0.39, 0.29) is 5.91 Å². The van der Waals surface area contributed by atoms with E-state index in [9.17, 15) is 4.79 Å². The Morgan fingerprint density at radius 2 is 2.40 bits per heavy atom. The molecule has 1 N–H and O–H groups in total. The molecule has 0 aliphatic heterocycles. The lowest BCUT2D eigenvalue weighted by Gasteiger charge is -1.97. The molecule has 1 rings (SSSR count). The molecule has 1 heterocycles. The van der Waals surface area contributed by atoms with E-state index in [1.54, 1.807) is 7.11 Å². The Hall–Kier alpha value is -0.720. The van der Waals surface area contributed by atoms with E-state index >= 15 is 0 Å². The highest BCUT2D eigenvalue weighted by molar-refractivity contribution is 7.15. The molecule has 84 valence electrons. The SMILES string of the molecule is COCc1nnc(NC(=O)CCCCl)s1. The molecule has 1 aromatic rings. The fourth-order valence-corrected chi connectivity index (χ4v) is 1.76. The highest BCUT2D eigenvalue weighted by Gasteiger charge is 2.07. The molecule has 7 heteroatoms. The molecule has 0 aliphatic rings. The second-order valence-corrected chi connectivity index (χ2v) is 4.21. The van der Waals surface area contributed by atoms with Crippen LogP contribution in [0.4, 0.5) is 5.13 Å². The maximum absolute atomic E-state index is 11.3. The average molecular weight is 250 g/mol. The molecule has 15 heavy (non-hydrogen) atoms. The van der Waals surface area contributed by atoms with Gasteiger partial charge in [0, 0.05) is 19.4 Å². The van der Waals surface area contributed by atoms with Gasteiger partial charge in [-0.2, -0.15) is 0 Å². The third kappa shape index (κ3) is 4.55. The molecule has 5 nitrogen and oxygen atoms in total. The number of rotatable bonds is 6. The topological polar surface area (TPSA) is 64.1 Å². The Kier molecular flexibility index (Phi) is 5.52. The summed E-state index contributed by atoms with van der Waals surface area (Å²) in [6.45, 7) is 0.412. The van der Waals surface area contributed by atoms with Gasteiger partial charge >= 0.3 is 0 Å². The van der Waals surface area contributed by atoms with Crippen molar-refractivity contribution < 1.29 is 9.53 Å². The van der Waals surface area contributed by atoms with E-state index in [1.807, 2.05) is 0 Å². The number of anilines is 1. The summed E-state index contributed by atoms with van der Waals surface area (Å²) in [4.78, 5) is 11.3. The lowest BCUT2D eigenvalue weighted by molar-refractivity contribution is -0.116. The van der Waals surface area contributed by atoms with Crippen LogP contribution in [0.3, 0.4) is 0 Å². The van der Waals surface area contributed by atoms with Crippen LogP contribution in [-0.2, 0) is 16.1 Å². The standard InChI is InChI=1S/C8H12ClN3O2S/c1-14-5-7-11-12-8(15-7)10-6(13)3-2-4-9/h2-5H2,1H3,(H,10,12,13). The van der Waals surface area contributed by atoms with Gasteiger partial charge in [-0.1, -0.05) is 11.3 Å². The summed E-state index contributed by atoms with van der Waals surface area (Å²) in [6.07, 6.45) is 1.07. The summed E-state index contributed by atoms with van der Waals surface area (Å²) in [7, 11) is 1.58. The van der Waals surface area contributed by atoms with Crippen LogP contribution in [0.5, 0.6) is 0 Å². The second-order valence-electron chi connectivity index (χ2n) is 2.77. The van der Waals surface area contributed by atoms with Crippen molar-refractivity contribution in [3.63, 3.8) is 0 Å². The molecule has 0 spiro atoms. The zero-order chi connectivity index (χ0) is 11.1. The number of hydrogen-bond donors (Lipinski definition) is 1. The molecule has 0 unspecified atom stereocenters. The van der Waals surface area contributed by atoms with Crippen molar-refractivity contribution in [2.24, 2.45) is 0 Å². The lowest BCUT2D eigenvalue weighted by atomic mass is 10.3. The van der Waals surface area contributed by atoms with E-state index in [1.165, 1.54) is 11.3 Å². The van der Waals surface area contributed by atoms with Crippen LogP contribution in [0, 0.1) is 0 Å². The normalized spacial score (nSPS) is 10.3. The fourth-order valence-electron chi connectivity index (χ4n) is 0.895. The molecule has 0 radical (unpaired) electrons. The first-order valence-corrected chi connectivity index (χ1v) is 5.78. The van der Waals surface area contributed by atoms with Gasteiger partial charge in [-0.15, -0.1) is 21.8 Å². The maximum atomic E-state index is 11.3. The lowest BCUT2D eigenvalue weighted by Crippen LogP contribution is -2.10. The summed E-state index contributed by atoms with van der Waals surface area (Å²) in [6, 6.07) is 0. The molecule has 1 amide bonds. The van der Waals surface area contributed by atoms with Crippen molar-refractivity contribution in [3.05, 3.63) is 5.01 Å². The minimum Gasteiger partial charge on any atom is -0.377 e. The average Bonchev–Trinajstić information content (AvgIpc) is 2.63. The van der Waals surface area contributed by atoms with Gasteiger partial charge in [0.2, 0.25) is 11.0 Å². The summed E-state index contributed by atoms with van der Waals surface area (Å²) in [5.41, 5.74) is 0. The number of methoxy groups -OCH3 is 1. The van der Waals surface area contributed by atoms with Crippen LogP contribution >= 0.6 is 22.9 Å². The zero-order valence-corrected chi connectivity index (χ0v) is 9.90. The van der Waals surface area contributed by atoms with Crippen LogP contribution in [0.25, 0.3) is 0 Å². The summed E-state index contributed by atoms with van der Waals surface area (Å²) in [5, 5.41) is 11.5. The van der Waals surface area contributed by atoms with Gasteiger partial charge in [0.1, 0.15) is 11.6 Å². The van der Waals surface area contributed by atoms with Crippen molar-refractivity contribution in [1.29, 1.82) is 0 Å². The van der Waals surface area contributed by atoms with E-state index in [4.69, 9.17) is 16.3 Å². The molecule has 0 bridgehead atoms. The van der Waals surface area contributed by atoms with Crippen LogP contribution in [0.1, 0.15) is 17.8 Å². The van der Waals surface area contributed by atoms with Crippen molar-refractivity contribution in [2.45, 2.75) is 19.4 Å². The van der Waals surface area contributed by atoms with Gasteiger partial charge in [0.15, 0.2) is 0 Å². The zero-order valence-electron chi connectivity index (χ0n) is 8.33. The van der Waals surface area contributed by atoms with Gasteiger partial charge < -0.3 is 10.1 Å². The maximum Gasteiger partial charge on any atom is 0.226 e. The number of hydrogen-bond acceptors (Lipinski definition) is 5. The smallest absolute Gasteiger partial charge is 0.226 e. The third-order valence-electron chi connectivity index (χ3n) is 1.52. The van der Waals surface area contributed by atoms with E-state index in [0.29, 0.717) is 30.5 Å². The number of ether oxygens (including phenoxy) is 1. The molecule has 1 aromatic heterocycles. The van der Waals surface area contributed by atoms with Gasteiger partial charge in [-0.25, -0.2) is 0 Å². The Balaban J connectivity index is 2.39. The molecule has 0 saturated heterocycles. The number of alkyl halides is 1. The Morgan fingerprint density at radius 1 is 1.60 bits per heavy atom. The predicted octanol–water partition coefficient (Wildman–Crippen LogP) is 1.64. The summed E-state index contributed by atoms with van der Waals surface area (Å²) in [5.74, 6) is 0.397. The van der Waals surface area contributed by atoms with Crippen LogP contribution < -0.4 is 5.32 Å². The summed E-state index contributed by atoms with van der Waals surface area (Å²) < 4.78 is 4.89. The highest BCUT2D eigenvalue weighted by atomic mass is 35.5. The first-order chi connectivity index (χ1) is 7.26. The fraction of sp³-hybridized carbons (Fsp3) is 0.625. The van der Waals surface area contributed by atoms with Gasteiger partial charge in [-0.3, -0.25) is 4.79 Å². The number of carbonyl (C=O) groups excluding carboxylic acids is 1. The Bertz CT molecular complexity index is 319. The molecule has 0 aliphatic carbocycles. The summed E-state index contributed by atoms with van der Waals surface area (Å²) >= 11 is 6.78. The van der Waals surface area contributed by atoms with E-state index in [0.717, 1.165) is 5.01 Å². The molecule has 0 saturated carbocycles.